The molecule has 156 valence electrons. The largest absolute Gasteiger partial charge is 0.378 e. The van der Waals surface area contributed by atoms with Crippen LogP contribution in [0.5, 0.6) is 0 Å². The van der Waals surface area contributed by atoms with Gasteiger partial charge in [0.15, 0.2) is 17.0 Å². The normalized spacial score (nSPS) is 18.0. The van der Waals surface area contributed by atoms with Gasteiger partial charge in [-0.15, -0.1) is 0 Å². The molecule has 1 aliphatic heterocycles. The highest BCUT2D eigenvalue weighted by molar-refractivity contribution is 5.70. The van der Waals surface area contributed by atoms with Crippen LogP contribution in [0.2, 0.25) is 0 Å². The third kappa shape index (κ3) is 3.62. The van der Waals surface area contributed by atoms with Crippen LogP contribution in [0.25, 0.3) is 11.2 Å². The average Bonchev–Trinajstić information content (AvgIpc) is 3.26. The number of hydrogen-bond donors (Lipinski definition) is 1. The monoisotopic (exact) mass is 403 g/mol. The van der Waals surface area contributed by atoms with Gasteiger partial charge < -0.3 is 13.8 Å². The summed E-state index contributed by atoms with van der Waals surface area (Å²) in [6.45, 7) is 6.48. The fourth-order valence-corrected chi connectivity index (χ4v) is 3.64. The Bertz CT molecular complexity index is 1130. The summed E-state index contributed by atoms with van der Waals surface area (Å²) in [6.07, 6.45) is 1.76. The summed E-state index contributed by atoms with van der Waals surface area (Å²) < 4.78 is 14.2. The molecule has 1 atom stereocenters. The zero-order valence-electron chi connectivity index (χ0n) is 16.8. The van der Waals surface area contributed by atoms with E-state index in [1.807, 2.05) is 0 Å². The van der Waals surface area contributed by atoms with E-state index in [-0.39, 0.29) is 6.04 Å². The summed E-state index contributed by atoms with van der Waals surface area (Å²) in [5.41, 5.74) is -0.0338. The van der Waals surface area contributed by atoms with Crippen LogP contribution in [0, 0.1) is 6.92 Å². The SMILES string of the molecule is CCCCn1c(=O)[nH]c(=O)c2c1nc(CN1CCOCC1c1nc(C)no1)n2C. The lowest BCUT2D eigenvalue weighted by molar-refractivity contribution is -0.0254. The van der Waals surface area contributed by atoms with Crippen molar-refractivity contribution in [2.45, 2.75) is 45.8 Å². The van der Waals surface area contributed by atoms with E-state index in [9.17, 15) is 9.59 Å². The lowest BCUT2D eigenvalue weighted by Gasteiger charge is -2.32. The number of H-pyrrole nitrogens is 1. The summed E-state index contributed by atoms with van der Waals surface area (Å²) in [5.74, 6) is 1.75. The van der Waals surface area contributed by atoms with Crippen LogP contribution in [0.1, 0.15) is 43.3 Å². The van der Waals surface area contributed by atoms with Crippen LogP contribution >= 0.6 is 0 Å². The van der Waals surface area contributed by atoms with Crippen LogP contribution in [0.3, 0.4) is 0 Å². The number of ether oxygens (including phenoxy) is 1. The predicted molar refractivity (Wildman–Crippen MR) is 104 cm³/mol. The molecular formula is C18H25N7O4. The van der Waals surface area contributed by atoms with E-state index in [0.717, 1.165) is 12.8 Å². The fraction of sp³-hybridized carbons (Fsp3) is 0.611. The second-order valence-electron chi connectivity index (χ2n) is 7.26. The van der Waals surface area contributed by atoms with E-state index in [0.29, 0.717) is 61.6 Å². The zero-order chi connectivity index (χ0) is 20.5. The predicted octanol–water partition coefficient (Wildman–Crippen LogP) is 0.488. The molecular weight excluding hydrogens is 378 g/mol. The number of imidazole rings is 1. The van der Waals surface area contributed by atoms with Gasteiger partial charge in [0.2, 0.25) is 5.89 Å². The first-order chi connectivity index (χ1) is 14.0. The minimum atomic E-state index is -0.426. The zero-order valence-corrected chi connectivity index (χ0v) is 16.8. The van der Waals surface area contributed by atoms with E-state index in [2.05, 4.69) is 31.9 Å². The molecule has 1 fully saturated rings. The Kier molecular flexibility index (Phi) is 5.33. The molecule has 1 N–H and O–H groups in total. The highest BCUT2D eigenvalue weighted by Gasteiger charge is 2.30. The highest BCUT2D eigenvalue weighted by atomic mass is 16.5. The lowest BCUT2D eigenvalue weighted by atomic mass is 10.2. The first-order valence-corrected chi connectivity index (χ1v) is 9.80. The van der Waals surface area contributed by atoms with Gasteiger partial charge in [-0.25, -0.2) is 9.78 Å². The van der Waals surface area contributed by atoms with Crippen molar-refractivity contribution in [1.82, 2.24) is 34.1 Å². The van der Waals surface area contributed by atoms with Crippen LogP contribution in [-0.4, -0.2) is 53.9 Å². The Labute approximate surface area is 166 Å². The summed E-state index contributed by atoms with van der Waals surface area (Å²) in [5, 5.41) is 3.87. The van der Waals surface area contributed by atoms with Gasteiger partial charge in [0.25, 0.3) is 5.56 Å². The van der Waals surface area contributed by atoms with Crippen molar-refractivity contribution in [3.8, 4) is 0 Å². The third-order valence-corrected chi connectivity index (χ3v) is 5.25. The molecule has 1 saturated heterocycles. The van der Waals surface area contributed by atoms with E-state index in [4.69, 9.17) is 9.26 Å². The molecule has 0 amide bonds. The fourth-order valence-electron chi connectivity index (χ4n) is 3.64. The first kappa shape index (κ1) is 19.5. The van der Waals surface area contributed by atoms with Crippen molar-refractivity contribution in [3.63, 3.8) is 0 Å². The summed E-state index contributed by atoms with van der Waals surface area (Å²) in [6, 6.07) is -0.190. The quantitative estimate of drug-likeness (QED) is 0.630. The topological polar surface area (TPSA) is 124 Å². The number of rotatable bonds is 6. The molecule has 11 heteroatoms. The second-order valence-corrected chi connectivity index (χ2v) is 7.26. The number of unbranched alkanes of at least 4 members (excludes halogenated alkanes) is 1. The van der Waals surface area contributed by atoms with Crippen molar-refractivity contribution in [2.24, 2.45) is 7.05 Å². The molecule has 0 spiro atoms. The standard InChI is InChI=1S/C18H25N7O4/c1-4-5-6-25-15-14(16(26)21-18(25)27)23(3)13(20-15)9-24-7-8-28-10-12(24)17-19-11(2)22-29-17/h12H,4-10H2,1-3H3,(H,21,26,27). The lowest BCUT2D eigenvalue weighted by Crippen LogP contribution is -2.39. The van der Waals surface area contributed by atoms with Gasteiger partial charge in [-0.3, -0.25) is 19.2 Å². The Morgan fingerprint density at radius 2 is 2.10 bits per heavy atom. The molecule has 3 aromatic heterocycles. The molecule has 3 aromatic rings. The van der Waals surface area contributed by atoms with Gasteiger partial charge in [0.1, 0.15) is 11.9 Å². The smallest absolute Gasteiger partial charge is 0.330 e. The molecule has 0 saturated carbocycles. The number of aromatic amines is 1. The Hall–Kier alpha value is -2.79. The summed E-state index contributed by atoms with van der Waals surface area (Å²) >= 11 is 0. The number of fused-ring (bicyclic) bond motifs is 1. The van der Waals surface area contributed by atoms with Crippen molar-refractivity contribution in [2.75, 3.05) is 19.8 Å². The number of nitrogens with zero attached hydrogens (tertiary/aromatic N) is 6. The molecule has 11 nitrogen and oxygen atoms in total. The molecule has 0 radical (unpaired) electrons. The van der Waals surface area contributed by atoms with Crippen molar-refractivity contribution < 1.29 is 9.26 Å². The molecule has 0 bridgehead atoms. The van der Waals surface area contributed by atoms with Crippen LogP contribution < -0.4 is 11.2 Å². The first-order valence-electron chi connectivity index (χ1n) is 9.80. The van der Waals surface area contributed by atoms with Gasteiger partial charge in [-0.05, 0) is 13.3 Å². The van der Waals surface area contributed by atoms with Gasteiger partial charge >= 0.3 is 5.69 Å². The van der Waals surface area contributed by atoms with Gasteiger partial charge in [-0.1, -0.05) is 18.5 Å². The van der Waals surface area contributed by atoms with E-state index in [1.54, 1.807) is 23.1 Å². The summed E-state index contributed by atoms with van der Waals surface area (Å²) in [4.78, 5) is 38.3. The molecule has 0 aromatic carbocycles. The molecule has 4 heterocycles. The van der Waals surface area contributed by atoms with Crippen molar-refractivity contribution in [1.29, 1.82) is 0 Å². The van der Waals surface area contributed by atoms with Crippen LogP contribution in [-0.2, 0) is 24.9 Å². The molecule has 1 aliphatic rings. The second kappa shape index (κ2) is 7.91. The van der Waals surface area contributed by atoms with E-state index < -0.39 is 11.2 Å². The highest BCUT2D eigenvalue weighted by Crippen LogP contribution is 2.25. The minimum Gasteiger partial charge on any atom is -0.378 e. The maximum atomic E-state index is 12.4. The molecule has 4 rings (SSSR count). The maximum absolute atomic E-state index is 12.4. The number of hydrogen-bond acceptors (Lipinski definition) is 8. The van der Waals surface area contributed by atoms with Crippen LogP contribution in [0.15, 0.2) is 14.1 Å². The number of morpholine rings is 1. The van der Waals surface area contributed by atoms with Crippen molar-refractivity contribution >= 4 is 11.2 Å². The van der Waals surface area contributed by atoms with Gasteiger partial charge in [-0.2, -0.15) is 4.98 Å². The van der Waals surface area contributed by atoms with Crippen LogP contribution in [0.4, 0.5) is 0 Å². The number of aromatic nitrogens is 6. The minimum absolute atomic E-state index is 0.190. The van der Waals surface area contributed by atoms with E-state index in [1.165, 1.54) is 0 Å². The number of aryl methyl sites for hydroxylation is 3. The average molecular weight is 403 g/mol. The van der Waals surface area contributed by atoms with Crippen molar-refractivity contribution in [3.05, 3.63) is 38.4 Å². The Morgan fingerprint density at radius 3 is 2.83 bits per heavy atom. The molecule has 0 aliphatic carbocycles. The Morgan fingerprint density at radius 1 is 1.28 bits per heavy atom. The van der Waals surface area contributed by atoms with Gasteiger partial charge in [0.05, 0.1) is 19.8 Å². The third-order valence-electron chi connectivity index (χ3n) is 5.25. The Balaban J connectivity index is 1.72. The molecule has 1 unspecified atom stereocenters. The van der Waals surface area contributed by atoms with Gasteiger partial charge in [0, 0.05) is 20.1 Å². The molecule has 29 heavy (non-hydrogen) atoms. The maximum Gasteiger partial charge on any atom is 0.330 e. The van der Waals surface area contributed by atoms with E-state index >= 15 is 0 Å². The number of nitrogens with one attached hydrogen (secondary N) is 1. The summed E-state index contributed by atoms with van der Waals surface area (Å²) in [7, 11) is 1.79.